The maximum Gasteiger partial charge on any atom is 0.407 e. The Morgan fingerprint density at radius 1 is 1.50 bits per heavy atom. The van der Waals surface area contributed by atoms with Gasteiger partial charge in [0.2, 0.25) is 0 Å². The predicted molar refractivity (Wildman–Crippen MR) is 57.1 cm³/mol. The Morgan fingerprint density at radius 2 is 2.12 bits per heavy atom. The van der Waals surface area contributed by atoms with Crippen molar-refractivity contribution in [2.45, 2.75) is 12.4 Å². The van der Waals surface area contributed by atoms with Crippen LogP contribution in [0, 0.1) is 0 Å². The van der Waals surface area contributed by atoms with Gasteiger partial charge in [-0.05, 0) is 5.56 Å². The smallest absolute Gasteiger partial charge is 0.407 e. The number of amides is 1. The Labute approximate surface area is 94.4 Å². The second kappa shape index (κ2) is 5.75. The van der Waals surface area contributed by atoms with Crippen LogP contribution in [0.2, 0.25) is 0 Å². The van der Waals surface area contributed by atoms with Gasteiger partial charge in [-0.15, -0.1) is 0 Å². The summed E-state index contributed by atoms with van der Waals surface area (Å²) in [5.74, 6) is -1.28. The van der Waals surface area contributed by atoms with Gasteiger partial charge < -0.3 is 15.2 Å². The Kier molecular flexibility index (Phi) is 3.76. The Hall–Kier alpha value is -2.04. The van der Waals surface area contributed by atoms with Crippen LogP contribution in [0.1, 0.15) is 6.93 Å². The van der Waals surface area contributed by atoms with Crippen molar-refractivity contribution in [3.8, 4) is 0 Å². The summed E-state index contributed by atoms with van der Waals surface area (Å²) in [6.45, 7) is 0. The summed E-state index contributed by atoms with van der Waals surface area (Å²) in [4.78, 5) is 22.0. The predicted octanol–water partition coefficient (Wildman–Crippen LogP) is 1.04. The summed E-state index contributed by atoms with van der Waals surface area (Å²) in [6.07, 6.45) is -1.96. The number of benzene rings is 1. The number of hydrogen-bond acceptors (Lipinski definition) is 3. The molecule has 0 aliphatic rings. The zero-order valence-electron chi connectivity index (χ0n) is 9.71. The molecule has 0 aliphatic heterocycles. The van der Waals surface area contributed by atoms with Gasteiger partial charge >= 0.3 is 12.1 Å². The van der Waals surface area contributed by atoms with Crippen LogP contribution < -0.4 is 5.32 Å². The average Bonchev–Trinajstić information content (AvgIpc) is 2.35. The lowest BCUT2D eigenvalue weighted by atomic mass is 10.1. The maximum atomic E-state index is 11.0. The number of hydrogen-bond donors (Lipinski definition) is 2. The first-order valence-corrected chi connectivity index (χ1v) is 4.60. The lowest BCUT2D eigenvalue weighted by molar-refractivity contribution is -0.139. The van der Waals surface area contributed by atoms with E-state index in [2.05, 4.69) is 10.1 Å². The number of carbonyl (C=O) groups is 2. The van der Waals surface area contributed by atoms with Gasteiger partial charge in [0.15, 0.2) is 0 Å². The van der Waals surface area contributed by atoms with Crippen molar-refractivity contribution in [2.24, 2.45) is 0 Å². The molecule has 1 aromatic rings. The highest BCUT2D eigenvalue weighted by Crippen LogP contribution is 2.03. The minimum atomic E-state index is -1.34. The molecule has 2 atom stereocenters. The highest BCUT2D eigenvalue weighted by Gasteiger charge is 2.20. The highest BCUT2D eigenvalue weighted by molar-refractivity contribution is 5.80. The molecule has 86 valence electrons. The summed E-state index contributed by atoms with van der Waals surface area (Å²) in [6, 6.07) is 7.09. The van der Waals surface area contributed by atoms with E-state index in [0.717, 1.165) is 7.11 Å². The van der Waals surface area contributed by atoms with E-state index in [0.29, 0.717) is 5.56 Å². The number of ether oxygens (including phenoxy) is 1. The molecule has 0 saturated heterocycles. The van der Waals surface area contributed by atoms with Gasteiger partial charge in [0, 0.05) is 7.77 Å². The van der Waals surface area contributed by atoms with E-state index in [9.17, 15) is 9.59 Å². The first kappa shape index (κ1) is 10.5. The van der Waals surface area contributed by atoms with Crippen LogP contribution in [0.25, 0.3) is 0 Å². The number of methoxy groups -OCH3 is 1. The Bertz CT molecular complexity index is 396. The van der Waals surface area contributed by atoms with Crippen LogP contribution in [-0.4, -0.2) is 30.3 Å². The fourth-order valence-corrected chi connectivity index (χ4v) is 1.12. The minimum absolute atomic E-state index is 0.510. The molecule has 2 unspecified atom stereocenters. The Balaban J connectivity index is 2.84. The Morgan fingerprint density at radius 3 is 2.62 bits per heavy atom. The molecule has 2 N–H and O–H groups in total. The largest absolute Gasteiger partial charge is 0.480 e. The summed E-state index contributed by atoms with van der Waals surface area (Å²) in [5, 5.41) is 11.1. The van der Waals surface area contributed by atoms with E-state index in [4.69, 9.17) is 6.48 Å². The van der Waals surface area contributed by atoms with E-state index in [-0.39, 0.29) is 0 Å². The number of carboxylic acids is 1. The summed E-state index contributed by atoms with van der Waals surface area (Å²) in [7, 11) is 1.13. The van der Waals surface area contributed by atoms with Crippen molar-refractivity contribution in [1.29, 1.82) is 0 Å². The van der Waals surface area contributed by atoms with Gasteiger partial charge in [0.05, 0.1) is 7.11 Å². The molecule has 5 heteroatoms. The lowest BCUT2D eigenvalue weighted by Crippen LogP contribution is -2.42. The van der Waals surface area contributed by atoms with Crippen LogP contribution in [0.15, 0.2) is 30.3 Å². The zero-order valence-corrected chi connectivity index (χ0v) is 8.71. The maximum absolute atomic E-state index is 11.0. The molecule has 0 heterocycles. The summed E-state index contributed by atoms with van der Waals surface area (Å²) in [5.41, 5.74) is 0.510. The first-order chi connectivity index (χ1) is 8.06. The average molecular weight is 224 g/mol. The molecule has 1 amide bonds. The van der Waals surface area contributed by atoms with Crippen LogP contribution in [0.3, 0.4) is 0 Å². The van der Waals surface area contributed by atoms with Crippen molar-refractivity contribution in [2.75, 3.05) is 7.11 Å². The molecule has 16 heavy (non-hydrogen) atoms. The topological polar surface area (TPSA) is 75.6 Å². The molecule has 5 nitrogen and oxygen atoms in total. The number of rotatable bonds is 4. The van der Waals surface area contributed by atoms with Gasteiger partial charge in [-0.2, -0.15) is 0 Å². The molecule has 0 spiro atoms. The third kappa shape index (κ3) is 3.61. The van der Waals surface area contributed by atoms with Gasteiger partial charge in [-0.1, -0.05) is 30.3 Å². The van der Waals surface area contributed by atoms with Crippen molar-refractivity contribution in [1.82, 2.24) is 5.32 Å². The highest BCUT2D eigenvalue weighted by atomic mass is 16.5. The number of carboxylic acid groups (broad SMARTS) is 1. The number of alkyl carbamates (subject to hydrolysis) is 1. The molecule has 1 rings (SSSR count). The third-order valence-electron chi connectivity index (χ3n) is 1.88. The molecule has 0 fully saturated rings. The van der Waals surface area contributed by atoms with E-state index in [1.165, 1.54) is 0 Å². The van der Waals surface area contributed by atoms with E-state index in [1.54, 1.807) is 30.3 Å². The van der Waals surface area contributed by atoms with Crippen molar-refractivity contribution in [3.63, 3.8) is 0 Å². The molecule has 0 aliphatic carbocycles. The van der Waals surface area contributed by atoms with Crippen LogP contribution in [0.5, 0.6) is 0 Å². The van der Waals surface area contributed by atoms with Gasteiger partial charge in [-0.3, -0.25) is 0 Å². The van der Waals surface area contributed by atoms with E-state index >= 15 is 0 Å². The van der Waals surface area contributed by atoms with Gasteiger partial charge in [0.1, 0.15) is 6.04 Å². The van der Waals surface area contributed by atoms with Gasteiger partial charge in [0.25, 0.3) is 0 Å². The standard InChI is InChI=1S/C11H13NO4/c1-16-11(15)12-9(10(13)14)7-8-5-3-2-4-6-8/h2-6,9H,7H2,1H3,(H,12,15)(H,13,14)/i7D. The molecular formula is C11H13NO4. The monoisotopic (exact) mass is 224 g/mol. The van der Waals surface area contributed by atoms with Crippen LogP contribution in [0.4, 0.5) is 4.79 Å². The summed E-state index contributed by atoms with van der Waals surface area (Å²) < 4.78 is 12.1. The number of nitrogens with one attached hydrogen (secondary N) is 1. The second-order valence-corrected chi connectivity index (χ2v) is 3.03. The minimum Gasteiger partial charge on any atom is -0.480 e. The lowest BCUT2D eigenvalue weighted by Gasteiger charge is -2.13. The molecule has 0 saturated carbocycles. The quantitative estimate of drug-likeness (QED) is 0.801. The number of aliphatic carboxylic acids is 1. The van der Waals surface area contributed by atoms with E-state index in [1.807, 2.05) is 0 Å². The zero-order chi connectivity index (χ0) is 12.8. The van der Waals surface area contributed by atoms with Crippen molar-refractivity contribution < 1.29 is 20.8 Å². The van der Waals surface area contributed by atoms with Crippen LogP contribution in [-0.2, 0) is 15.9 Å². The van der Waals surface area contributed by atoms with Crippen LogP contribution >= 0.6 is 0 Å². The third-order valence-corrected chi connectivity index (χ3v) is 1.88. The van der Waals surface area contributed by atoms with Crippen molar-refractivity contribution >= 4 is 12.1 Å². The second-order valence-electron chi connectivity index (χ2n) is 3.03. The summed E-state index contributed by atoms with van der Waals surface area (Å²) >= 11 is 0. The molecule has 1 aromatic carbocycles. The van der Waals surface area contributed by atoms with Gasteiger partial charge in [-0.25, -0.2) is 9.59 Å². The SMILES string of the molecule is [2H]C(c1ccccc1)C(NC(=O)OC)C(=O)O. The molecular weight excluding hydrogens is 210 g/mol. The number of carbonyl (C=O) groups excluding carboxylic acids is 1. The fourth-order valence-electron chi connectivity index (χ4n) is 1.12. The molecule has 0 radical (unpaired) electrons. The first-order valence-electron chi connectivity index (χ1n) is 5.18. The van der Waals surface area contributed by atoms with Crippen molar-refractivity contribution in [3.05, 3.63) is 35.9 Å². The van der Waals surface area contributed by atoms with E-state index < -0.39 is 24.5 Å². The normalized spacial score (nSPS) is 14.4. The molecule has 0 bridgehead atoms. The molecule has 0 aromatic heterocycles. The fraction of sp³-hybridized carbons (Fsp3) is 0.273.